The molecular weight excluding hydrogens is 214 g/mol. The molecule has 3 nitrogen and oxygen atoms in total. The van der Waals surface area contributed by atoms with Crippen LogP contribution >= 0.6 is 0 Å². The molecule has 0 fully saturated rings. The van der Waals surface area contributed by atoms with E-state index in [1.165, 1.54) is 17.5 Å². The van der Waals surface area contributed by atoms with Crippen LogP contribution in [-0.4, -0.2) is 18.3 Å². The zero-order valence-corrected chi connectivity index (χ0v) is 10.2. The molecule has 0 saturated heterocycles. The Balaban J connectivity index is 1.97. The predicted octanol–water partition coefficient (Wildman–Crippen LogP) is 2.17. The zero-order chi connectivity index (χ0) is 12.1. The quantitative estimate of drug-likeness (QED) is 0.769. The molecule has 0 aliphatic heterocycles. The molecule has 1 atom stereocenters. The van der Waals surface area contributed by atoms with E-state index in [4.69, 9.17) is 15.6 Å². The molecule has 1 aliphatic rings. The van der Waals surface area contributed by atoms with Gasteiger partial charge in [-0.15, -0.1) is 0 Å². The Morgan fingerprint density at radius 1 is 1.35 bits per heavy atom. The van der Waals surface area contributed by atoms with E-state index in [1.54, 1.807) is 0 Å². The maximum absolute atomic E-state index is 8.68. The first-order chi connectivity index (χ1) is 8.31. The largest absolute Gasteiger partial charge is 0.494 e. The number of nitrogens with two attached hydrogens (primary N) is 1. The summed E-state index contributed by atoms with van der Waals surface area (Å²) >= 11 is 0. The molecule has 94 valence electrons. The second kappa shape index (κ2) is 6.03. The molecule has 1 aromatic rings. The fourth-order valence-electron chi connectivity index (χ4n) is 2.31. The van der Waals surface area contributed by atoms with Gasteiger partial charge in [-0.2, -0.15) is 0 Å². The average Bonchev–Trinajstić information content (AvgIpc) is 2.36. The van der Waals surface area contributed by atoms with E-state index < -0.39 is 0 Å². The highest BCUT2D eigenvalue weighted by molar-refractivity contribution is 5.39. The van der Waals surface area contributed by atoms with Gasteiger partial charge in [-0.25, -0.2) is 0 Å². The van der Waals surface area contributed by atoms with Crippen molar-refractivity contribution in [2.24, 2.45) is 5.73 Å². The average molecular weight is 235 g/mol. The molecule has 17 heavy (non-hydrogen) atoms. The zero-order valence-electron chi connectivity index (χ0n) is 10.2. The van der Waals surface area contributed by atoms with Crippen LogP contribution in [0, 0.1) is 0 Å². The van der Waals surface area contributed by atoms with Crippen LogP contribution in [-0.2, 0) is 6.42 Å². The minimum Gasteiger partial charge on any atom is -0.494 e. The van der Waals surface area contributed by atoms with Gasteiger partial charge in [0.25, 0.3) is 0 Å². The van der Waals surface area contributed by atoms with Gasteiger partial charge in [0.1, 0.15) is 5.75 Å². The molecule has 0 radical (unpaired) electrons. The number of aliphatic hydroxyl groups is 1. The first kappa shape index (κ1) is 12.4. The molecule has 0 spiro atoms. The highest BCUT2D eigenvalue weighted by atomic mass is 16.5. The van der Waals surface area contributed by atoms with E-state index in [2.05, 4.69) is 12.1 Å². The van der Waals surface area contributed by atoms with Gasteiger partial charge >= 0.3 is 0 Å². The molecule has 2 rings (SSSR count). The molecule has 0 heterocycles. The Kier molecular flexibility index (Phi) is 4.40. The molecule has 0 aromatic heterocycles. The third-order valence-corrected chi connectivity index (χ3v) is 3.30. The minimum absolute atomic E-state index is 0.166. The summed E-state index contributed by atoms with van der Waals surface area (Å²) in [5.41, 5.74) is 8.72. The lowest BCUT2D eigenvalue weighted by atomic mass is 9.88. The van der Waals surface area contributed by atoms with Gasteiger partial charge in [0.15, 0.2) is 0 Å². The van der Waals surface area contributed by atoms with Crippen molar-refractivity contribution >= 4 is 0 Å². The third kappa shape index (κ3) is 3.20. The van der Waals surface area contributed by atoms with E-state index in [-0.39, 0.29) is 12.6 Å². The van der Waals surface area contributed by atoms with Gasteiger partial charge in [0, 0.05) is 12.6 Å². The van der Waals surface area contributed by atoms with E-state index in [0.717, 1.165) is 31.4 Å². The van der Waals surface area contributed by atoms with Crippen LogP contribution in [0.3, 0.4) is 0 Å². The van der Waals surface area contributed by atoms with Crippen LogP contribution < -0.4 is 10.5 Å². The summed E-state index contributed by atoms with van der Waals surface area (Å²) in [4.78, 5) is 0. The van der Waals surface area contributed by atoms with Crippen molar-refractivity contribution in [1.82, 2.24) is 0 Å². The SMILES string of the molecule is N[C@H]1CCCc2ccc(OCCCCO)cc21. The van der Waals surface area contributed by atoms with Crippen LogP contribution in [0.25, 0.3) is 0 Å². The van der Waals surface area contributed by atoms with Crippen LogP contribution in [0.4, 0.5) is 0 Å². The minimum atomic E-state index is 0.166. The smallest absolute Gasteiger partial charge is 0.119 e. The Bertz CT molecular complexity index is 365. The molecule has 0 amide bonds. The maximum Gasteiger partial charge on any atom is 0.119 e. The molecule has 1 aromatic carbocycles. The number of hydrogen-bond donors (Lipinski definition) is 2. The monoisotopic (exact) mass is 235 g/mol. The number of rotatable bonds is 5. The number of unbranched alkanes of at least 4 members (excludes halogenated alkanes) is 1. The first-order valence-corrected chi connectivity index (χ1v) is 6.43. The van der Waals surface area contributed by atoms with Crippen molar-refractivity contribution in [3.05, 3.63) is 29.3 Å². The van der Waals surface area contributed by atoms with E-state index in [9.17, 15) is 0 Å². The molecule has 0 unspecified atom stereocenters. The second-order valence-corrected chi connectivity index (χ2v) is 4.64. The highest BCUT2D eigenvalue weighted by Crippen LogP contribution is 2.30. The molecule has 0 saturated carbocycles. The van der Waals surface area contributed by atoms with Gasteiger partial charge in [0.2, 0.25) is 0 Å². The first-order valence-electron chi connectivity index (χ1n) is 6.43. The van der Waals surface area contributed by atoms with Crippen LogP contribution in [0.2, 0.25) is 0 Å². The van der Waals surface area contributed by atoms with Crippen molar-refractivity contribution in [1.29, 1.82) is 0 Å². The lowest BCUT2D eigenvalue weighted by Crippen LogP contribution is -2.17. The number of aliphatic hydroxyl groups excluding tert-OH is 1. The highest BCUT2D eigenvalue weighted by Gasteiger charge is 2.17. The summed E-state index contributed by atoms with van der Waals surface area (Å²) in [6.45, 7) is 0.896. The standard InChI is InChI=1S/C14H21NO2/c15-14-5-3-4-11-6-7-12(10-13(11)14)17-9-2-1-8-16/h6-7,10,14,16H,1-5,8-9,15H2/t14-/m0/s1. The van der Waals surface area contributed by atoms with Crippen molar-refractivity contribution < 1.29 is 9.84 Å². The van der Waals surface area contributed by atoms with Crippen molar-refractivity contribution in [2.75, 3.05) is 13.2 Å². The lowest BCUT2D eigenvalue weighted by molar-refractivity contribution is 0.253. The summed E-state index contributed by atoms with van der Waals surface area (Å²) < 4.78 is 5.66. The van der Waals surface area contributed by atoms with Gasteiger partial charge in [-0.1, -0.05) is 6.07 Å². The number of aryl methyl sites for hydroxylation is 1. The molecule has 1 aliphatic carbocycles. The van der Waals surface area contributed by atoms with Crippen molar-refractivity contribution in [3.8, 4) is 5.75 Å². The Morgan fingerprint density at radius 3 is 3.06 bits per heavy atom. The topological polar surface area (TPSA) is 55.5 Å². The summed E-state index contributed by atoms with van der Waals surface area (Å²) in [6.07, 6.45) is 5.07. The number of fused-ring (bicyclic) bond motifs is 1. The fourth-order valence-corrected chi connectivity index (χ4v) is 2.31. The van der Waals surface area contributed by atoms with Crippen molar-refractivity contribution in [2.45, 2.75) is 38.1 Å². The summed E-state index contributed by atoms with van der Waals surface area (Å²) in [5.74, 6) is 0.902. The number of hydrogen-bond acceptors (Lipinski definition) is 3. The van der Waals surface area contributed by atoms with E-state index >= 15 is 0 Å². The maximum atomic E-state index is 8.68. The van der Waals surface area contributed by atoms with Gasteiger partial charge in [-0.3, -0.25) is 0 Å². The van der Waals surface area contributed by atoms with E-state index in [1.807, 2.05) is 6.07 Å². The van der Waals surface area contributed by atoms with Gasteiger partial charge in [0.05, 0.1) is 6.61 Å². The fraction of sp³-hybridized carbons (Fsp3) is 0.571. The molecular formula is C14H21NO2. The summed E-state index contributed by atoms with van der Waals surface area (Å²) in [6, 6.07) is 6.41. The van der Waals surface area contributed by atoms with Gasteiger partial charge < -0.3 is 15.6 Å². The Labute approximate surface area is 103 Å². The summed E-state index contributed by atoms with van der Waals surface area (Å²) in [7, 11) is 0. The predicted molar refractivity (Wildman–Crippen MR) is 68.1 cm³/mol. The second-order valence-electron chi connectivity index (χ2n) is 4.64. The normalized spacial score (nSPS) is 18.8. The molecule has 3 heteroatoms. The van der Waals surface area contributed by atoms with Gasteiger partial charge in [-0.05, 0) is 55.4 Å². The van der Waals surface area contributed by atoms with Crippen LogP contribution in [0.5, 0.6) is 5.75 Å². The Morgan fingerprint density at radius 2 is 2.24 bits per heavy atom. The van der Waals surface area contributed by atoms with Crippen LogP contribution in [0.1, 0.15) is 42.9 Å². The van der Waals surface area contributed by atoms with E-state index in [0.29, 0.717) is 6.61 Å². The lowest BCUT2D eigenvalue weighted by Gasteiger charge is -2.22. The van der Waals surface area contributed by atoms with Crippen molar-refractivity contribution in [3.63, 3.8) is 0 Å². The summed E-state index contributed by atoms with van der Waals surface area (Å²) in [5, 5.41) is 8.68. The molecule has 3 N–H and O–H groups in total. The number of ether oxygens (including phenoxy) is 1. The molecule has 0 bridgehead atoms. The Hall–Kier alpha value is -1.06. The number of benzene rings is 1. The third-order valence-electron chi connectivity index (χ3n) is 3.30. The van der Waals surface area contributed by atoms with Crippen LogP contribution in [0.15, 0.2) is 18.2 Å².